The van der Waals surface area contributed by atoms with Crippen LogP contribution >= 0.6 is 11.6 Å². The molecule has 12 heavy (non-hydrogen) atoms. The van der Waals surface area contributed by atoms with Crippen LogP contribution in [0.25, 0.3) is 0 Å². The predicted octanol–water partition coefficient (Wildman–Crippen LogP) is 0.748. The van der Waals surface area contributed by atoms with Gasteiger partial charge in [0.1, 0.15) is 5.88 Å². The first kappa shape index (κ1) is 11.7. The molecule has 0 spiro atoms. The first-order valence-corrected chi connectivity index (χ1v) is 4.65. The number of alkyl halides is 1. The molecule has 4 heteroatoms. The average Bonchev–Trinajstić information content (AvgIpc) is 2.12. The van der Waals surface area contributed by atoms with Crippen molar-refractivity contribution < 1.29 is 9.90 Å². The average molecular weight is 194 g/mol. The monoisotopic (exact) mass is 193 g/mol. The summed E-state index contributed by atoms with van der Waals surface area (Å²) in [5, 5.41) is 11.6. The van der Waals surface area contributed by atoms with Crippen LogP contribution < -0.4 is 5.32 Å². The molecule has 0 rings (SSSR count). The molecule has 2 atom stereocenters. The molecule has 3 nitrogen and oxygen atoms in total. The van der Waals surface area contributed by atoms with Gasteiger partial charge >= 0.3 is 0 Å². The highest BCUT2D eigenvalue weighted by Crippen LogP contribution is 2.06. The molecule has 0 aromatic rings. The highest BCUT2D eigenvalue weighted by atomic mass is 35.5. The number of nitrogens with one attached hydrogen (secondary N) is 1. The van der Waals surface area contributed by atoms with Crippen LogP contribution in [0, 0.1) is 5.92 Å². The summed E-state index contributed by atoms with van der Waals surface area (Å²) in [6, 6.07) is -0.166. The van der Waals surface area contributed by atoms with E-state index in [-0.39, 0.29) is 30.4 Å². The quantitative estimate of drug-likeness (QED) is 0.634. The van der Waals surface area contributed by atoms with Crippen LogP contribution in [-0.4, -0.2) is 29.5 Å². The highest BCUT2D eigenvalue weighted by molar-refractivity contribution is 6.27. The summed E-state index contributed by atoms with van der Waals surface area (Å²) in [6.45, 7) is 3.97. The zero-order valence-corrected chi connectivity index (χ0v) is 8.27. The molecule has 0 aliphatic carbocycles. The molecule has 1 unspecified atom stereocenters. The van der Waals surface area contributed by atoms with Gasteiger partial charge in [0.15, 0.2) is 0 Å². The zero-order valence-electron chi connectivity index (χ0n) is 7.51. The van der Waals surface area contributed by atoms with Crippen LogP contribution in [0.2, 0.25) is 0 Å². The van der Waals surface area contributed by atoms with Crippen molar-refractivity contribution in [3.8, 4) is 0 Å². The lowest BCUT2D eigenvalue weighted by molar-refractivity contribution is -0.120. The van der Waals surface area contributed by atoms with Crippen molar-refractivity contribution in [3.63, 3.8) is 0 Å². The smallest absolute Gasteiger partial charge is 0.235 e. The van der Waals surface area contributed by atoms with Gasteiger partial charge in [-0.25, -0.2) is 0 Å². The van der Waals surface area contributed by atoms with E-state index < -0.39 is 0 Å². The summed E-state index contributed by atoms with van der Waals surface area (Å²) in [4.78, 5) is 10.8. The number of aliphatic hydroxyl groups is 1. The molecule has 0 aromatic heterocycles. The number of carbonyl (C=O) groups excluding carboxylic acids is 1. The summed E-state index contributed by atoms with van der Waals surface area (Å²) in [6.07, 6.45) is 0.924. The normalized spacial score (nSPS) is 15.3. The Hall–Kier alpha value is -0.280. The largest absolute Gasteiger partial charge is 0.394 e. The second kappa shape index (κ2) is 6.26. The predicted molar refractivity (Wildman–Crippen MR) is 49.2 cm³/mol. The van der Waals surface area contributed by atoms with Crippen LogP contribution in [0.5, 0.6) is 0 Å². The molecule has 0 saturated carbocycles. The van der Waals surface area contributed by atoms with E-state index in [4.69, 9.17) is 16.7 Å². The second-order valence-electron chi connectivity index (χ2n) is 2.88. The summed E-state index contributed by atoms with van der Waals surface area (Å²) in [5.41, 5.74) is 0. The van der Waals surface area contributed by atoms with Crippen molar-refractivity contribution in [2.24, 2.45) is 5.92 Å². The lowest BCUT2D eigenvalue weighted by Crippen LogP contribution is -2.42. The molecule has 0 aromatic carbocycles. The van der Waals surface area contributed by atoms with Crippen molar-refractivity contribution in [3.05, 3.63) is 0 Å². The minimum absolute atomic E-state index is 0.0301. The highest BCUT2D eigenvalue weighted by Gasteiger charge is 2.16. The minimum atomic E-state index is -0.226. The molecule has 0 heterocycles. The van der Waals surface area contributed by atoms with Gasteiger partial charge in [0.25, 0.3) is 0 Å². The van der Waals surface area contributed by atoms with E-state index in [0.717, 1.165) is 6.42 Å². The number of amides is 1. The Balaban J connectivity index is 3.90. The molecule has 0 aliphatic heterocycles. The summed E-state index contributed by atoms with van der Waals surface area (Å²) in [7, 11) is 0. The lowest BCUT2D eigenvalue weighted by Gasteiger charge is -2.21. The van der Waals surface area contributed by atoms with Gasteiger partial charge in [-0.2, -0.15) is 0 Å². The third-order valence-electron chi connectivity index (χ3n) is 2.00. The number of carbonyl (C=O) groups is 1. The number of hydrogen-bond donors (Lipinski definition) is 2. The minimum Gasteiger partial charge on any atom is -0.394 e. The van der Waals surface area contributed by atoms with Gasteiger partial charge in [0.05, 0.1) is 12.6 Å². The molecule has 0 aliphatic rings. The summed E-state index contributed by atoms with van der Waals surface area (Å²) >= 11 is 5.31. The van der Waals surface area contributed by atoms with Crippen molar-refractivity contribution in [2.45, 2.75) is 26.3 Å². The molecule has 0 radical (unpaired) electrons. The first-order chi connectivity index (χ1) is 5.65. The topological polar surface area (TPSA) is 49.3 Å². The van der Waals surface area contributed by atoms with Gasteiger partial charge in [-0.1, -0.05) is 20.3 Å². The van der Waals surface area contributed by atoms with Crippen molar-refractivity contribution in [1.82, 2.24) is 5.32 Å². The maximum atomic E-state index is 10.8. The first-order valence-electron chi connectivity index (χ1n) is 4.11. The second-order valence-corrected chi connectivity index (χ2v) is 3.14. The molecule has 0 saturated heterocycles. The van der Waals surface area contributed by atoms with Crippen LogP contribution in [-0.2, 0) is 4.79 Å². The number of halogens is 1. The van der Waals surface area contributed by atoms with Gasteiger partial charge in [0, 0.05) is 0 Å². The number of aliphatic hydroxyl groups excluding tert-OH is 1. The third-order valence-corrected chi connectivity index (χ3v) is 2.24. The van der Waals surface area contributed by atoms with Crippen molar-refractivity contribution in [1.29, 1.82) is 0 Å². The standard InChI is InChI=1S/C8H16ClNO2/c1-3-6(2)7(5-11)10-8(12)4-9/h6-7,11H,3-5H2,1-2H3,(H,10,12)/t6?,7-/m1/s1. The van der Waals surface area contributed by atoms with Crippen LogP contribution in [0.15, 0.2) is 0 Å². The van der Waals surface area contributed by atoms with E-state index in [1.165, 1.54) is 0 Å². The van der Waals surface area contributed by atoms with Crippen molar-refractivity contribution >= 4 is 17.5 Å². The SMILES string of the molecule is CCC(C)[C@@H](CO)NC(=O)CCl. The zero-order chi connectivity index (χ0) is 9.56. The Labute approximate surface area is 78.1 Å². The van der Waals surface area contributed by atoms with Gasteiger partial charge < -0.3 is 10.4 Å². The molecule has 2 N–H and O–H groups in total. The Kier molecular flexibility index (Phi) is 6.11. The number of hydrogen-bond acceptors (Lipinski definition) is 2. The van der Waals surface area contributed by atoms with E-state index in [2.05, 4.69) is 5.32 Å². The van der Waals surface area contributed by atoms with E-state index in [9.17, 15) is 4.79 Å². The van der Waals surface area contributed by atoms with Gasteiger partial charge in [-0.15, -0.1) is 11.6 Å². The third kappa shape index (κ3) is 3.93. The Morgan fingerprint density at radius 2 is 2.25 bits per heavy atom. The summed E-state index contributed by atoms with van der Waals surface area (Å²) in [5.74, 6) is 0.00520. The Morgan fingerprint density at radius 3 is 2.58 bits per heavy atom. The van der Waals surface area contributed by atoms with Gasteiger partial charge in [0.2, 0.25) is 5.91 Å². The van der Waals surface area contributed by atoms with Crippen molar-refractivity contribution in [2.75, 3.05) is 12.5 Å². The van der Waals surface area contributed by atoms with E-state index >= 15 is 0 Å². The van der Waals surface area contributed by atoms with E-state index in [1.54, 1.807) is 0 Å². The molecular weight excluding hydrogens is 178 g/mol. The van der Waals surface area contributed by atoms with Gasteiger partial charge in [-0.05, 0) is 5.92 Å². The molecule has 72 valence electrons. The fourth-order valence-electron chi connectivity index (χ4n) is 0.898. The maximum absolute atomic E-state index is 10.8. The van der Waals surface area contributed by atoms with E-state index in [1.807, 2.05) is 13.8 Å². The van der Waals surface area contributed by atoms with Crippen LogP contribution in [0.4, 0.5) is 0 Å². The van der Waals surface area contributed by atoms with Gasteiger partial charge in [-0.3, -0.25) is 4.79 Å². The summed E-state index contributed by atoms with van der Waals surface area (Å²) < 4.78 is 0. The fraction of sp³-hybridized carbons (Fsp3) is 0.875. The molecule has 0 fully saturated rings. The van der Waals surface area contributed by atoms with Crippen LogP contribution in [0.1, 0.15) is 20.3 Å². The molecule has 0 bridgehead atoms. The molecular formula is C8H16ClNO2. The Bertz CT molecular complexity index is 141. The molecule has 1 amide bonds. The fourth-order valence-corrected chi connectivity index (χ4v) is 0.975. The number of rotatable bonds is 5. The van der Waals surface area contributed by atoms with E-state index in [0.29, 0.717) is 0 Å². The lowest BCUT2D eigenvalue weighted by atomic mass is 10.00. The Morgan fingerprint density at radius 1 is 1.67 bits per heavy atom. The maximum Gasteiger partial charge on any atom is 0.235 e. The van der Waals surface area contributed by atoms with Crippen LogP contribution in [0.3, 0.4) is 0 Å².